The van der Waals surface area contributed by atoms with Crippen molar-refractivity contribution in [3.63, 3.8) is 0 Å². The second-order valence-electron chi connectivity index (χ2n) is 2.45. The van der Waals surface area contributed by atoms with Crippen LogP contribution in [0.25, 0.3) is 5.32 Å². The van der Waals surface area contributed by atoms with E-state index in [0.717, 1.165) is 6.54 Å². The quantitative estimate of drug-likeness (QED) is 0.389. The molecule has 0 saturated carbocycles. The van der Waals surface area contributed by atoms with Gasteiger partial charge in [0.2, 0.25) is 0 Å². The van der Waals surface area contributed by atoms with Gasteiger partial charge in [0.05, 0.1) is 0 Å². The molecular weight excluding hydrogens is 149 g/mol. The summed E-state index contributed by atoms with van der Waals surface area (Å²) in [7, 11) is 1.89. The van der Waals surface area contributed by atoms with E-state index in [1.807, 2.05) is 7.05 Å². The van der Waals surface area contributed by atoms with E-state index < -0.39 is 0 Å². The van der Waals surface area contributed by atoms with Crippen LogP contribution in [0.15, 0.2) is 0 Å². The van der Waals surface area contributed by atoms with Crippen LogP contribution in [0.2, 0.25) is 0 Å². The second kappa shape index (κ2) is 13.2. The molecule has 0 radical (unpaired) electrons. The summed E-state index contributed by atoms with van der Waals surface area (Å²) < 4.78 is 0. The number of unbranched alkanes of at least 4 members (excludes halogenated alkanes) is 4. The summed E-state index contributed by atoms with van der Waals surface area (Å²) in [5, 5.41) is 4.03. The van der Waals surface area contributed by atoms with E-state index in [0.29, 0.717) is 0 Å². The van der Waals surface area contributed by atoms with Crippen LogP contribution in [0, 0.1) is 0 Å². The maximum absolute atomic E-state index is 4.03. The molecule has 1 nitrogen and oxygen atoms in total. The third-order valence-electron chi connectivity index (χ3n) is 1.49. The van der Waals surface area contributed by atoms with Gasteiger partial charge >= 0.3 is 51.4 Å². The van der Waals surface area contributed by atoms with Gasteiger partial charge in [-0.15, -0.1) is 6.54 Å². The Bertz CT molecular complexity index is 42.5. The molecule has 0 unspecified atom stereocenters. The maximum atomic E-state index is 4.03. The van der Waals surface area contributed by atoms with E-state index >= 15 is 0 Å². The molecule has 0 fully saturated rings. The standard InChI is InChI=1S/C8H18N.K/c1-3-4-5-6-7-8-9-2;/h3-8H2,1-2H3;/q-1;+1. The molecule has 0 aliphatic rings. The van der Waals surface area contributed by atoms with Crippen molar-refractivity contribution in [2.24, 2.45) is 0 Å². The van der Waals surface area contributed by atoms with Crippen LogP contribution in [0.5, 0.6) is 0 Å². The van der Waals surface area contributed by atoms with Crippen LogP contribution in [0.3, 0.4) is 0 Å². The van der Waals surface area contributed by atoms with Crippen molar-refractivity contribution in [3.05, 3.63) is 5.32 Å². The van der Waals surface area contributed by atoms with E-state index in [4.69, 9.17) is 0 Å². The van der Waals surface area contributed by atoms with Crippen LogP contribution in [0.4, 0.5) is 0 Å². The smallest absolute Gasteiger partial charge is 0.665 e. The fourth-order valence-corrected chi connectivity index (χ4v) is 0.873. The van der Waals surface area contributed by atoms with Crippen molar-refractivity contribution in [2.75, 3.05) is 13.6 Å². The minimum atomic E-state index is 0. The molecule has 0 amide bonds. The van der Waals surface area contributed by atoms with Crippen LogP contribution < -0.4 is 51.4 Å². The molecule has 0 aliphatic heterocycles. The minimum Gasteiger partial charge on any atom is -0.665 e. The van der Waals surface area contributed by atoms with Gasteiger partial charge in [-0.1, -0.05) is 39.0 Å². The van der Waals surface area contributed by atoms with Crippen molar-refractivity contribution in [1.29, 1.82) is 0 Å². The Morgan fingerprint density at radius 1 is 1.00 bits per heavy atom. The predicted octanol–water partition coefficient (Wildman–Crippen LogP) is -0.0357. The summed E-state index contributed by atoms with van der Waals surface area (Å²) in [4.78, 5) is 0. The molecule has 0 aromatic heterocycles. The Hall–Kier alpha value is 1.60. The minimum absolute atomic E-state index is 0. The van der Waals surface area contributed by atoms with E-state index in [2.05, 4.69) is 12.2 Å². The predicted molar refractivity (Wildman–Crippen MR) is 42.9 cm³/mol. The van der Waals surface area contributed by atoms with Gasteiger partial charge in [-0.25, -0.2) is 0 Å². The second-order valence-corrected chi connectivity index (χ2v) is 2.45. The summed E-state index contributed by atoms with van der Waals surface area (Å²) in [5.41, 5.74) is 0. The molecule has 0 atom stereocenters. The van der Waals surface area contributed by atoms with Gasteiger partial charge in [0, 0.05) is 0 Å². The molecule has 10 heavy (non-hydrogen) atoms. The molecule has 0 aliphatic carbocycles. The van der Waals surface area contributed by atoms with Crippen LogP contribution in [0.1, 0.15) is 39.0 Å². The van der Waals surface area contributed by atoms with Crippen molar-refractivity contribution in [2.45, 2.75) is 39.0 Å². The number of hydrogen-bond donors (Lipinski definition) is 0. The van der Waals surface area contributed by atoms with Gasteiger partial charge < -0.3 is 5.32 Å². The zero-order valence-corrected chi connectivity index (χ0v) is 10.8. The third kappa shape index (κ3) is 12.3. The Balaban J connectivity index is 0. The van der Waals surface area contributed by atoms with Gasteiger partial charge in [-0.05, 0) is 0 Å². The maximum Gasteiger partial charge on any atom is 1.00 e. The summed E-state index contributed by atoms with van der Waals surface area (Å²) in [6.07, 6.45) is 6.78. The summed E-state index contributed by atoms with van der Waals surface area (Å²) in [5.74, 6) is 0. The van der Waals surface area contributed by atoms with E-state index in [1.165, 1.54) is 32.1 Å². The zero-order chi connectivity index (χ0) is 6.95. The first-order valence-corrected chi connectivity index (χ1v) is 3.97. The zero-order valence-electron chi connectivity index (χ0n) is 7.69. The van der Waals surface area contributed by atoms with Crippen LogP contribution >= 0.6 is 0 Å². The van der Waals surface area contributed by atoms with Gasteiger partial charge in [0.1, 0.15) is 0 Å². The molecule has 0 aromatic rings. The normalized spacial score (nSPS) is 9.00. The SMILES string of the molecule is CCCCCCC[N-]C.[K+]. The van der Waals surface area contributed by atoms with E-state index in [1.54, 1.807) is 0 Å². The first-order chi connectivity index (χ1) is 4.41. The molecule has 0 bridgehead atoms. The largest absolute Gasteiger partial charge is 1.00 e. The average molecular weight is 167 g/mol. The average Bonchev–Trinajstić information content (AvgIpc) is 1.89. The number of hydrogen-bond acceptors (Lipinski definition) is 0. The summed E-state index contributed by atoms with van der Waals surface area (Å²) in [6, 6.07) is 0. The van der Waals surface area contributed by atoms with Crippen molar-refractivity contribution in [3.8, 4) is 0 Å². The number of nitrogens with zero attached hydrogens (tertiary/aromatic N) is 1. The van der Waals surface area contributed by atoms with Crippen molar-refractivity contribution >= 4 is 0 Å². The fourth-order valence-electron chi connectivity index (χ4n) is 0.873. The molecule has 56 valence electrons. The van der Waals surface area contributed by atoms with Gasteiger partial charge in [0.15, 0.2) is 0 Å². The van der Waals surface area contributed by atoms with Gasteiger partial charge in [0.25, 0.3) is 0 Å². The van der Waals surface area contributed by atoms with Crippen molar-refractivity contribution in [1.82, 2.24) is 0 Å². The Labute approximate surface area is 108 Å². The molecule has 0 heterocycles. The molecule has 0 spiro atoms. The Morgan fingerprint density at radius 3 is 2.10 bits per heavy atom. The summed E-state index contributed by atoms with van der Waals surface area (Å²) in [6.45, 7) is 3.30. The topological polar surface area (TPSA) is 14.1 Å². The first kappa shape index (κ1) is 14.1. The monoisotopic (exact) mass is 167 g/mol. The molecule has 2 heteroatoms. The molecule has 0 rings (SSSR count). The van der Waals surface area contributed by atoms with Gasteiger partial charge in [-0.3, -0.25) is 0 Å². The van der Waals surface area contributed by atoms with Crippen molar-refractivity contribution < 1.29 is 51.4 Å². The third-order valence-corrected chi connectivity index (χ3v) is 1.49. The Morgan fingerprint density at radius 2 is 1.60 bits per heavy atom. The van der Waals surface area contributed by atoms with E-state index in [-0.39, 0.29) is 51.4 Å². The molecular formula is C8H18KN. The molecule has 0 aromatic carbocycles. The van der Waals surface area contributed by atoms with Crippen LogP contribution in [-0.4, -0.2) is 13.6 Å². The Kier molecular flexibility index (Phi) is 18.7. The van der Waals surface area contributed by atoms with Crippen LogP contribution in [-0.2, 0) is 0 Å². The van der Waals surface area contributed by atoms with Gasteiger partial charge in [-0.2, -0.15) is 7.05 Å². The number of rotatable bonds is 6. The first-order valence-electron chi connectivity index (χ1n) is 3.97. The molecule has 0 saturated heterocycles. The fraction of sp³-hybridized carbons (Fsp3) is 1.00. The summed E-state index contributed by atoms with van der Waals surface area (Å²) >= 11 is 0. The molecule has 0 N–H and O–H groups in total. The van der Waals surface area contributed by atoms with E-state index in [9.17, 15) is 0 Å².